The van der Waals surface area contributed by atoms with E-state index in [1.165, 1.54) is 11.9 Å². The topological polar surface area (TPSA) is 88.9 Å². The lowest BCUT2D eigenvalue weighted by Gasteiger charge is -2.27. The summed E-state index contributed by atoms with van der Waals surface area (Å²) < 4.78 is 30.3. The first-order valence-corrected chi connectivity index (χ1v) is 10.3. The van der Waals surface area contributed by atoms with Crippen molar-refractivity contribution in [1.29, 1.82) is 0 Å². The standard InChI is InChI=1S/C19H21N5O2S.ClH/c25-27(26,19-8-4-2-6-16(19)12-24-14-20-13-22-24)23-11-18-17-7-3-1-5-15(17)9-10-21-18;/h1-8,13-14,18,21,23H,9-12H2;1H. The predicted octanol–water partition coefficient (Wildman–Crippen LogP) is 1.91. The van der Waals surface area contributed by atoms with Gasteiger partial charge in [0.2, 0.25) is 10.0 Å². The molecular formula is C19H22ClN5O2S. The second kappa shape index (κ2) is 8.83. The molecule has 2 heterocycles. The van der Waals surface area contributed by atoms with Gasteiger partial charge in [-0.25, -0.2) is 22.8 Å². The molecule has 1 aliphatic heterocycles. The van der Waals surface area contributed by atoms with E-state index in [-0.39, 0.29) is 23.3 Å². The van der Waals surface area contributed by atoms with Crippen LogP contribution >= 0.6 is 12.4 Å². The second-order valence-electron chi connectivity index (χ2n) is 6.51. The highest BCUT2D eigenvalue weighted by molar-refractivity contribution is 7.89. The van der Waals surface area contributed by atoms with E-state index in [4.69, 9.17) is 0 Å². The number of rotatable bonds is 6. The van der Waals surface area contributed by atoms with E-state index in [1.807, 2.05) is 18.2 Å². The molecule has 0 bridgehead atoms. The van der Waals surface area contributed by atoms with Crippen LogP contribution < -0.4 is 10.0 Å². The Kier molecular flexibility index (Phi) is 6.46. The number of halogens is 1. The fraction of sp³-hybridized carbons (Fsp3) is 0.263. The molecule has 148 valence electrons. The maximum atomic E-state index is 13.0. The van der Waals surface area contributed by atoms with Crippen LogP contribution in [0.2, 0.25) is 0 Å². The van der Waals surface area contributed by atoms with Crippen LogP contribution in [0.25, 0.3) is 0 Å². The maximum Gasteiger partial charge on any atom is 0.240 e. The Morgan fingerprint density at radius 3 is 2.75 bits per heavy atom. The average molecular weight is 420 g/mol. The predicted molar refractivity (Wildman–Crippen MR) is 109 cm³/mol. The van der Waals surface area contributed by atoms with Gasteiger partial charge in [-0.15, -0.1) is 12.4 Å². The monoisotopic (exact) mass is 419 g/mol. The van der Waals surface area contributed by atoms with Gasteiger partial charge in [0.15, 0.2) is 0 Å². The van der Waals surface area contributed by atoms with E-state index in [0.717, 1.165) is 18.5 Å². The fourth-order valence-electron chi connectivity index (χ4n) is 3.43. The zero-order valence-corrected chi connectivity index (χ0v) is 16.8. The molecule has 0 fully saturated rings. The molecule has 9 heteroatoms. The van der Waals surface area contributed by atoms with Crippen molar-refractivity contribution in [2.45, 2.75) is 23.9 Å². The summed E-state index contributed by atoms with van der Waals surface area (Å²) in [5.41, 5.74) is 3.10. The minimum Gasteiger partial charge on any atom is -0.308 e. The zero-order chi connectivity index (χ0) is 18.7. The molecular weight excluding hydrogens is 398 g/mol. The van der Waals surface area contributed by atoms with E-state index in [9.17, 15) is 8.42 Å². The Morgan fingerprint density at radius 1 is 1.14 bits per heavy atom. The summed E-state index contributed by atoms with van der Waals surface area (Å²) in [6.07, 6.45) is 3.96. The highest BCUT2D eigenvalue weighted by Crippen LogP contribution is 2.23. The van der Waals surface area contributed by atoms with Gasteiger partial charge in [0.25, 0.3) is 0 Å². The first kappa shape index (κ1) is 20.5. The highest BCUT2D eigenvalue weighted by atomic mass is 35.5. The summed E-state index contributed by atoms with van der Waals surface area (Å²) >= 11 is 0. The normalized spacial score (nSPS) is 16.2. The van der Waals surface area contributed by atoms with Crippen molar-refractivity contribution >= 4 is 22.4 Å². The molecule has 0 saturated carbocycles. The molecule has 1 unspecified atom stereocenters. The molecule has 3 aromatic rings. The Bertz CT molecular complexity index is 1020. The van der Waals surface area contributed by atoms with Crippen LogP contribution in [0.5, 0.6) is 0 Å². The molecule has 4 rings (SSSR count). The largest absolute Gasteiger partial charge is 0.308 e. The second-order valence-corrected chi connectivity index (χ2v) is 8.24. The van der Waals surface area contributed by atoms with Crippen LogP contribution in [0.1, 0.15) is 22.7 Å². The Morgan fingerprint density at radius 2 is 1.93 bits per heavy atom. The molecule has 0 aliphatic carbocycles. The van der Waals surface area contributed by atoms with E-state index >= 15 is 0 Å². The van der Waals surface area contributed by atoms with Crippen molar-refractivity contribution in [1.82, 2.24) is 24.8 Å². The number of benzene rings is 2. The molecule has 2 N–H and O–H groups in total. The molecule has 28 heavy (non-hydrogen) atoms. The Hall–Kier alpha value is -2.26. The van der Waals surface area contributed by atoms with E-state index < -0.39 is 10.0 Å². The van der Waals surface area contributed by atoms with Crippen LogP contribution in [0.15, 0.2) is 66.1 Å². The molecule has 0 radical (unpaired) electrons. The minimum absolute atomic E-state index is 0. The SMILES string of the molecule is Cl.O=S(=O)(NCC1NCCc2ccccc21)c1ccccc1Cn1cncn1. The van der Waals surface area contributed by atoms with Gasteiger partial charge in [-0.2, -0.15) is 5.10 Å². The first-order chi connectivity index (χ1) is 13.1. The van der Waals surface area contributed by atoms with Gasteiger partial charge in [-0.3, -0.25) is 0 Å². The van der Waals surface area contributed by atoms with Gasteiger partial charge in [0, 0.05) is 12.6 Å². The van der Waals surface area contributed by atoms with Gasteiger partial charge in [0.1, 0.15) is 12.7 Å². The van der Waals surface area contributed by atoms with Gasteiger partial charge in [-0.05, 0) is 35.7 Å². The lowest BCUT2D eigenvalue weighted by atomic mass is 9.95. The highest BCUT2D eigenvalue weighted by Gasteiger charge is 2.23. The van der Waals surface area contributed by atoms with Crippen molar-refractivity contribution in [2.75, 3.05) is 13.1 Å². The molecule has 7 nitrogen and oxygen atoms in total. The average Bonchev–Trinajstić information content (AvgIpc) is 3.20. The summed E-state index contributed by atoms with van der Waals surface area (Å²) in [6.45, 7) is 1.49. The third-order valence-corrected chi connectivity index (χ3v) is 6.28. The van der Waals surface area contributed by atoms with Gasteiger partial charge < -0.3 is 5.32 Å². The summed E-state index contributed by atoms with van der Waals surface area (Å²) in [5, 5.41) is 7.46. The Labute approximate surface area is 170 Å². The number of nitrogens with zero attached hydrogens (tertiary/aromatic N) is 3. The number of sulfonamides is 1. The molecule has 1 atom stereocenters. The van der Waals surface area contributed by atoms with Crippen LogP contribution in [0.4, 0.5) is 0 Å². The minimum atomic E-state index is -3.65. The van der Waals surface area contributed by atoms with E-state index in [1.54, 1.807) is 29.2 Å². The van der Waals surface area contributed by atoms with Gasteiger partial charge in [-0.1, -0.05) is 42.5 Å². The lowest BCUT2D eigenvalue weighted by molar-refractivity contribution is 0.491. The maximum absolute atomic E-state index is 13.0. The fourth-order valence-corrected chi connectivity index (χ4v) is 4.71. The van der Waals surface area contributed by atoms with Crippen LogP contribution in [-0.4, -0.2) is 36.3 Å². The number of fused-ring (bicyclic) bond motifs is 1. The lowest BCUT2D eigenvalue weighted by Crippen LogP contribution is -2.39. The number of aromatic nitrogens is 3. The molecule has 1 aliphatic rings. The number of hydrogen-bond donors (Lipinski definition) is 2. The summed E-state index contributed by atoms with van der Waals surface area (Å²) in [7, 11) is -3.65. The molecule has 0 amide bonds. The van der Waals surface area contributed by atoms with E-state index in [2.05, 4.69) is 32.3 Å². The quantitative estimate of drug-likeness (QED) is 0.637. The molecule has 0 saturated heterocycles. The molecule has 2 aromatic carbocycles. The van der Waals surface area contributed by atoms with Gasteiger partial charge >= 0.3 is 0 Å². The third kappa shape index (κ3) is 4.41. The van der Waals surface area contributed by atoms with Crippen LogP contribution in [0.3, 0.4) is 0 Å². The van der Waals surface area contributed by atoms with Crippen molar-refractivity contribution < 1.29 is 8.42 Å². The van der Waals surface area contributed by atoms with Crippen molar-refractivity contribution in [2.24, 2.45) is 0 Å². The summed E-state index contributed by atoms with van der Waals surface area (Å²) in [5.74, 6) is 0. The van der Waals surface area contributed by atoms with E-state index in [0.29, 0.717) is 18.7 Å². The van der Waals surface area contributed by atoms with Gasteiger partial charge in [0.05, 0.1) is 11.4 Å². The molecule has 1 aromatic heterocycles. The smallest absolute Gasteiger partial charge is 0.240 e. The molecule has 0 spiro atoms. The third-order valence-electron chi connectivity index (χ3n) is 4.75. The van der Waals surface area contributed by atoms with Crippen molar-refractivity contribution in [3.05, 3.63) is 77.9 Å². The van der Waals surface area contributed by atoms with Crippen molar-refractivity contribution in [3.63, 3.8) is 0 Å². The van der Waals surface area contributed by atoms with Crippen LogP contribution in [-0.2, 0) is 23.0 Å². The number of hydrogen-bond acceptors (Lipinski definition) is 5. The van der Waals surface area contributed by atoms with Crippen molar-refractivity contribution in [3.8, 4) is 0 Å². The first-order valence-electron chi connectivity index (χ1n) is 8.85. The summed E-state index contributed by atoms with van der Waals surface area (Å²) in [6, 6.07) is 15.1. The summed E-state index contributed by atoms with van der Waals surface area (Å²) in [4.78, 5) is 4.18. The zero-order valence-electron chi connectivity index (χ0n) is 15.2. The van der Waals surface area contributed by atoms with Crippen LogP contribution in [0, 0.1) is 0 Å². The Balaban J connectivity index is 0.00000225. The number of nitrogens with one attached hydrogen (secondary N) is 2.